The van der Waals surface area contributed by atoms with Crippen LogP contribution in [-0.2, 0) is 0 Å². The first-order valence-corrected chi connectivity index (χ1v) is 8.35. The summed E-state index contributed by atoms with van der Waals surface area (Å²) >= 11 is 3.43. The molecule has 1 aliphatic rings. The number of methoxy groups -OCH3 is 1. The van der Waals surface area contributed by atoms with Crippen LogP contribution in [0.2, 0.25) is 0 Å². The lowest BCUT2D eigenvalue weighted by atomic mass is 9.83. The molecule has 1 aromatic heterocycles. The monoisotopic (exact) mass is 368 g/mol. The highest BCUT2D eigenvalue weighted by atomic mass is 79.9. The van der Waals surface area contributed by atoms with Gasteiger partial charge in [0.15, 0.2) is 5.57 Å². The summed E-state index contributed by atoms with van der Waals surface area (Å²) in [5, 5.41) is 1.06. The van der Waals surface area contributed by atoms with Crippen LogP contribution in [0.3, 0.4) is 0 Å². The van der Waals surface area contributed by atoms with Crippen molar-refractivity contribution in [1.82, 2.24) is 4.98 Å². The molecule has 0 radical (unpaired) electrons. The van der Waals surface area contributed by atoms with Crippen molar-refractivity contribution in [3.05, 3.63) is 64.3 Å². The quantitative estimate of drug-likeness (QED) is 0.498. The van der Waals surface area contributed by atoms with Crippen molar-refractivity contribution in [2.24, 2.45) is 5.41 Å². The Bertz CT molecular complexity index is 854. The van der Waals surface area contributed by atoms with Crippen molar-refractivity contribution >= 4 is 32.4 Å². The van der Waals surface area contributed by atoms with Gasteiger partial charge in [-0.1, -0.05) is 0 Å². The number of rotatable bonds is 2. The summed E-state index contributed by atoms with van der Waals surface area (Å²) in [6.45, 7) is 6.63. The number of nitrogens with zero attached hydrogens (tertiary/aromatic N) is 1. The van der Waals surface area contributed by atoms with Crippen LogP contribution in [0.5, 0.6) is 5.75 Å². The SMILES string of the molecule is COc1ccc(C2=[C+]C=C(C(C)(C)C)C=C2)c2ccc(Br)nc12. The molecule has 0 saturated heterocycles. The molecule has 0 aliphatic heterocycles. The van der Waals surface area contributed by atoms with E-state index >= 15 is 0 Å². The van der Waals surface area contributed by atoms with E-state index in [9.17, 15) is 0 Å². The number of aromatic nitrogens is 1. The van der Waals surface area contributed by atoms with Gasteiger partial charge in [0.25, 0.3) is 0 Å². The molecule has 0 amide bonds. The summed E-state index contributed by atoms with van der Waals surface area (Å²) in [6.07, 6.45) is 9.81. The van der Waals surface area contributed by atoms with E-state index in [4.69, 9.17) is 4.74 Å². The van der Waals surface area contributed by atoms with Crippen LogP contribution < -0.4 is 4.74 Å². The Labute approximate surface area is 145 Å². The molecule has 3 heteroatoms. The second-order valence-electron chi connectivity index (χ2n) is 6.59. The van der Waals surface area contributed by atoms with Gasteiger partial charge in [0.05, 0.1) is 24.1 Å². The van der Waals surface area contributed by atoms with Crippen molar-refractivity contribution in [3.8, 4) is 5.75 Å². The Morgan fingerprint density at radius 3 is 2.48 bits per heavy atom. The third-order valence-corrected chi connectivity index (χ3v) is 4.42. The van der Waals surface area contributed by atoms with Crippen LogP contribution in [0, 0.1) is 11.5 Å². The minimum absolute atomic E-state index is 0.128. The van der Waals surface area contributed by atoms with E-state index in [0.29, 0.717) is 0 Å². The molecule has 1 aliphatic carbocycles. The number of benzene rings is 1. The van der Waals surface area contributed by atoms with Gasteiger partial charge in [-0.25, -0.2) is 4.98 Å². The lowest BCUT2D eigenvalue weighted by molar-refractivity contribution is 0.419. The summed E-state index contributed by atoms with van der Waals surface area (Å²) in [5.41, 5.74) is 4.44. The highest BCUT2D eigenvalue weighted by Crippen LogP contribution is 2.35. The topological polar surface area (TPSA) is 22.1 Å². The fourth-order valence-corrected chi connectivity index (χ4v) is 2.94. The normalized spacial score (nSPS) is 14.3. The maximum Gasteiger partial charge on any atom is 0.155 e. The van der Waals surface area contributed by atoms with E-state index in [-0.39, 0.29) is 5.41 Å². The Balaban J connectivity index is 2.14. The molecule has 1 aromatic carbocycles. The van der Waals surface area contributed by atoms with Crippen LogP contribution in [0.1, 0.15) is 26.3 Å². The third-order valence-electron chi connectivity index (χ3n) is 3.98. The number of ether oxygens (including phenoxy) is 1. The van der Waals surface area contributed by atoms with Crippen molar-refractivity contribution in [2.45, 2.75) is 20.8 Å². The number of hydrogen-bond donors (Lipinski definition) is 0. The largest absolute Gasteiger partial charge is 0.494 e. The fourth-order valence-electron chi connectivity index (χ4n) is 2.63. The van der Waals surface area contributed by atoms with Crippen LogP contribution in [0.4, 0.5) is 0 Å². The van der Waals surface area contributed by atoms with Crippen molar-refractivity contribution < 1.29 is 4.74 Å². The van der Waals surface area contributed by atoms with Gasteiger partial charge < -0.3 is 4.74 Å². The second-order valence-corrected chi connectivity index (χ2v) is 7.40. The average molecular weight is 369 g/mol. The predicted octanol–water partition coefficient (Wildman–Crippen LogP) is 5.73. The van der Waals surface area contributed by atoms with Gasteiger partial charge in [-0.2, -0.15) is 0 Å². The molecule has 0 saturated carbocycles. The summed E-state index contributed by atoms with van der Waals surface area (Å²) in [4.78, 5) is 4.57. The molecule has 0 spiro atoms. The van der Waals surface area contributed by atoms with Crippen molar-refractivity contribution in [1.29, 1.82) is 0 Å². The van der Waals surface area contributed by atoms with Crippen LogP contribution in [0.15, 0.2) is 52.7 Å². The molecule has 1 heterocycles. The van der Waals surface area contributed by atoms with Gasteiger partial charge in [-0.05, 0) is 61.0 Å². The molecule has 2 aromatic rings. The zero-order valence-corrected chi connectivity index (χ0v) is 15.4. The first-order chi connectivity index (χ1) is 10.9. The standard InChI is InChI=1S/C20H19BrNO/c1-20(2,3)14-7-5-13(6-8-14)15-9-11-17(23-4)19-16(15)10-12-18(21)22-19/h5,7-12H,1-4H3/q+1. The molecule has 0 bridgehead atoms. The highest BCUT2D eigenvalue weighted by molar-refractivity contribution is 9.10. The molecule has 0 atom stereocenters. The van der Waals surface area contributed by atoms with E-state index in [1.807, 2.05) is 12.1 Å². The summed E-state index contributed by atoms with van der Waals surface area (Å²) in [7, 11) is 1.67. The highest BCUT2D eigenvalue weighted by Gasteiger charge is 2.23. The maximum absolute atomic E-state index is 5.44. The summed E-state index contributed by atoms with van der Waals surface area (Å²) in [6, 6.07) is 8.05. The third kappa shape index (κ3) is 3.08. The fraction of sp³-hybridized carbons (Fsp3) is 0.250. The van der Waals surface area contributed by atoms with Gasteiger partial charge >= 0.3 is 0 Å². The van der Waals surface area contributed by atoms with Crippen molar-refractivity contribution in [3.63, 3.8) is 0 Å². The minimum Gasteiger partial charge on any atom is -0.494 e. The molecule has 0 N–H and O–H groups in total. The summed E-state index contributed by atoms with van der Waals surface area (Å²) < 4.78 is 6.24. The smallest absolute Gasteiger partial charge is 0.155 e. The molecule has 116 valence electrons. The first kappa shape index (κ1) is 15.9. The van der Waals surface area contributed by atoms with Crippen molar-refractivity contribution in [2.75, 3.05) is 7.11 Å². The number of halogens is 1. The molecule has 0 fully saturated rings. The van der Waals surface area contributed by atoms with Gasteiger partial charge in [0, 0.05) is 29.2 Å². The molecule has 3 rings (SSSR count). The van der Waals surface area contributed by atoms with E-state index in [1.54, 1.807) is 7.11 Å². The van der Waals surface area contributed by atoms with E-state index < -0.39 is 0 Å². The summed E-state index contributed by atoms with van der Waals surface area (Å²) in [5.74, 6) is 0.774. The Hall–Kier alpha value is -1.96. The Morgan fingerprint density at radius 1 is 1.09 bits per heavy atom. The zero-order chi connectivity index (χ0) is 16.6. The lowest BCUT2D eigenvalue weighted by Gasteiger charge is -2.16. The molecule has 0 unspecified atom stereocenters. The Morgan fingerprint density at radius 2 is 1.87 bits per heavy atom. The molecular weight excluding hydrogens is 350 g/mol. The van der Waals surface area contributed by atoms with E-state index in [0.717, 1.165) is 32.4 Å². The Kier molecular flexibility index (Phi) is 4.09. The minimum atomic E-state index is 0.128. The van der Waals surface area contributed by atoms with Crippen LogP contribution >= 0.6 is 15.9 Å². The predicted molar refractivity (Wildman–Crippen MR) is 99.3 cm³/mol. The molecule has 23 heavy (non-hydrogen) atoms. The van der Waals surface area contributed by atoms with Gasteiger partial charge in [0.1, 0.15) is 15.9 Å². The second kappa shape index (κ2) is 5.92. The number of fused-ring (bicyclic) bond motifs is 1. The van der Waals surface area contributed by atoms with Crippen LogP contribution in [-0.4, -0.2) is 12.1 Å². The first-order valence-electron chi connectivity index (χ1n) is 7.56. The number of hydrogen-bond acceptors (Lipinski definition) is 2. The maximum atomic E-state index is 5.44. The number of pyridine rings is 1. The van der Waals surface area contributed by atoms with E-state index in [2.05, 4.69) is 78.1 Å². The number of allylic oxidation sites excluding steroid dienone is 6. The zero-order valence-electron chi connectivity index (χ0n) is 13.8. The van der Waals surface area contributed by atoms with E-state index in [1.165, 1.54) is 5.57 Å². The van der Waals surface area contributed by atoms with Gasteiger partial charge in [-0.15, -0.1) is 0 Å². The van der Waals surface area contributed by atoms with Gasteiger partial charge in [-0.3, -0.25) is 0 Å². The van der Waals surface area contributed by atoms with Gasteiger partial charge in [0.2, 0.25) is 0 Å². The van der Waals surface area contributed by atoms with Crippen LogP contribution in [0.25, 0.3) is 16.5 Å². The average Bonchev–Trinajstić information content (AvgIpc) is 2.53. The molecular formula is C20H19BrNO+. The lowest BCUT2D eigenvalue weighted by Crippen LogP contribution is -2.08. The molecule has 2 nitrogen and oxygen atoms in total.